The molecule has 1 aliphatic rings. The fourth-order valence-corrected chi connectivity index (χ4v) is 2.24. The Bertz CT molecular complexity index is 455. The molecule has 0 aliphatic heterocycles. The number of esters is 1. The van der Waals surface area contributed by atoms with Crippen LogP contribution < -0.4 is 4.74 Å². The Hall–Kier alpha value is -1.77. The first kappa shape index (κ1) is 13.7. The van der Waals surface area contributed by atoms with E-state index in [9.17, 15) is 4.79 Å². The van der Waals surface area contributed by atoms with Gasteiger partial charge in [0, 0.05) is 0 Å². The van der Waals surface area contributed by atoms with Gasteiger partial charge >= 0.3 is 5.97 Å². The third kappa shape index (κ3) is 2.98. The molecule has 1 saturated carbocycles. The van der Waals surface area contributed by atoms with Crippen LogP contribution in [0.5, 0.6) is 5.75 Å². The van der Waals surface area contributed by atoms with Crippen LogP contribution in [0.3, 0.4) is 0 Å². The SMILES string of the molecule is CCOC(=O)C1(/C=C/c2ccc(OC)cc2)CCC1. The maximum atomic E-state index is 12.0. The standard InChI is InChI=1S/C16H20O3/c1-3-19-15(17)16(10-4-11-16)12-9-13-5-7-14(18-2)8-6-13/h5-9,12H,3-4,10-11H2,1-2H3/b12-9+. The number of carbonyl (C=O) groups excluding carboxylic acids is 1. The second-order valence-electron chi connectivity index (χ2n) is 4.84. The molecule has 1 aromatic carbocycles. The molecular formula is C16H20O3. The molecule has 1 aromatic rings. The number of methoxy groups -OCH3 is 1. The zero-order valence-electron chi connectivity index (χ0n) is 11.5. The first-order valence-corrected chi connectivity index (χ1v) is 6.71. The highest BCUT2D eigenvalue weighted by atomic mass is 16.5. The molecule has 0 N–H and O–H groups in total. The van der Waals surface area contributed by atoms with Crippen LogP contribution >= 0.6 is 0 Å². The van der Waals surface area contributed by atoms with Crippen molar-refractivity contribution in [2.24, 2.45) is 5.41 Å². The van der Waals surface area contributed by atoms with E-state index in [0.29, 0.717) is 6.61 Å². The summed E-state index contributed by atoms with van der Waals surface area (Å²) in [7, 11) is 1.65. The van der Waals surface area contributed by atoms with Gasteiger partial charge in [0.25, 0.3) is 0 Å². The fraction of sp³-hybridized carbons (Fsp3) is 0.438. The van der Waals surface area contributed by atoms with Crippen molar-refractivity contribution in [3.05, 3.63) is 35.9 Å². The van der Waals surface area contributed by atoms with E-state index in [4.69, 9.17) is 9.47 Å². The topological polar surface area (TPSA) is 35.5 Å². The lowest BCUT2D eigenvalue weighted by Gasteiger charge is -2.36. The highest BCUT2D eigenvalue weighted by molar-refractivity contribution is 5.81. The molecule has 102 valence electrons. The van der Waals surface area contributed by atoms with Crippen molar-refractivity contribution in [2.75, 3.05) is 13.7 Å². The Labute approximate surface area is 114 Å². The van der Waals surface area contributed by atoms with Gasteiger partial charge in [0.15, 0.2) is 0 Å². The molecule has 19 heavy (non-hydrogen) atoms. The number of benzene rings is 1. The Morgan fingerprint density at radius 3 is 2.47 bits per heavy atom. The van der Waals surface area contributed by atoms with Gasteiger partial charge in [0.2, 0.25) is 0 Å². The minimum absolute atomic E-state index is 0.0917. The van der Waals surface area contributed by atoms with E-state index in [-0.39, 0.29) is 5.97 Å². The zero-order valence-corrected chi connectivity index (χ0v) is 11.5. The van der Waals surface area contributed by atoms with E-state index in [1.807, 2.05) is 43.3 Å². The third-order valence-electron chi connectivity index (χ3n) is 3.64. The Kier molecular flexibility index (Phi) is 4.25. The molecule has 0 unspecified atom stereocenters. The van der Waals surface area contributed by atoms with Crippen LogP contribution in [-0.2, 0) is 9.53 Å². The second-order valence-corrected chi connectivity index (χ2v) is 4.84. The van der Waals surface area contributed by atoms with Gasteiger partial charge < -0.3 is 9.47 Å². The smallest absolute Gasteiger partial charge is 0.315 e. The summed E-state index contributed by atoms with van der Waals surface area (Å²) in [5.74, 6) is 0.743. The van der Waals surface area contributed by atoms with Crippen molar-refractivity contribution in [3.63, 3.8) is 0 Å². The Morgan fingerprint density at radius 2 is 2.00 bits per heavy atom. The summed E-state index contributed by atoms with van der Waals surface area (Å²) < 4.78 is 10.3. The van der Waals surface area contributed by atoms with E-state index in [2.05, 4.69) is 0 Å². The minimum Gasteiger partial charge on any atom is -0.497 e. The molecule has 0 aromatic heterocycles. The van der Waals surface area contributed by atoms with Crippen molar-refractivity contribution in [2.45, 2.75) is 26.2 Å². The molecule has 0 atom stereocenters. The Balaban J connectivity index is 2.08. The quantitative estimate of drug-likeness (QED) is 0.761. The van der Waals surface area contributed by atoms with E-state index < -0.39 is 5.41 Å². The fourth-order valence-electron chi connectivity index (χ4n) is 2.24. The van der Waals surface area contributed by atoms with Crippen molar-refractivity contribution >= 4 is 12.0 Å². The summed E-state index contributed by atoms with van der Waals surface area (Å²) in [6.07, 6.45) is 6.86. The molecule has 1 fully saturated rings. The van der Waals surface area contributed by atoms with Crippen LogP contribution in [0.15, 0.2) is 30.3 Å². The van der Waals surface area contributed by atoms with Crippen molar-refractivity contribution in [3.8, 4) is 5.75 Å². The maximum Gasteiger partial charge on any atom is 0.315 e. The summed E-state index contributed by atoms with van der Waals surface area (Å²) in [6, 6.07) is 7.79. The van der Waals surface area contributed by atoms with Crippen LogP contribution in [0, 0.1) is 5.41 Å². The molecule has 1 aliphatic carbocycles. The van der Waals surface area contributed by atoms with E-state index in [1.165, 1.54) is 0 Å². The van der Waals surface area contributed by atoms with E-state index >= 15 is 0 Å². The molecule has 0 bridgehead atoms. The largest absolute Gasteiger partial charge is 0.497 e. The number of rotatable bonds is 5. The summed E-state index contributed by atoms with van der Waals surface area (Å²) in [5, 5.41) is 0. The molecule has 0 heterocycles. The lowest BCUT2D eigenvalue weighted by atomic mass is 9.68. The summed E-state index contributed by atoms with van der Waals surface area (Å²) in [4.78, 5) is 12.0. The lowest BCUT2D eigenvalue weighted by molar-refractivity contribution is -0.156. The van der Waals surface area contributed by atoms with E-state index in [1.54, 1.807) is 7.11 Å². The minimum atomic E-state index is -0.393. The van der Waals surface area contributed by atoms with Crippen molar-refractivity contribution in [1.82, 2.24) is 0 Å². The molecule has 2 rings (SSSR count). The Morgan fingerprint density at radius 1 is 1.32 bits per heavy atom. The molecule has 0 radical (unpaired) electrons. The van der Waals surface area contributed by atoms with Gasteiger partial charge in [0.1, 0.15) is 5.75 Å². The van der Waals surface area contributed by atoms with Crippen molar-refractivity contribution in [1.29, 1.82) is 0 Å². The number of ether oxygens (including phenoxy) is 2. The van der Waals surface area contributed by atoms with Gasteiger partial charge in [-0.25, -0.2) is 0 Å². The first-order chi connectivity index (χ1) is 9.20. The highest BCUT2D eigenvalue weighted by Gasteiger charge is 2.43. The summed E-state index contributed by atoms with van der Waals surface area (Å²) >= 11 is 0. The van der Waals surface area contributed by atoms with Crippen LogP contribution in [0.1, 0.15) is 31.7 Å². The molecule has 3 nitrogen and oxygen atoms in total. The number of carbonyl (C=O) groups is 1. The average Bonchev–Trinajstić information content (AvgIpc) is 2.38. The summed E-state index contributed by atoms with van der Waals surface area (Å²) in [5.41, 5.74) is 0.673. The van der Waals surface area contributed by atoms with E-state index in [0.717, 1.165) is 30.6 Å². The van der Waals surface area contributed by atoms with Gasteiger partial charge in [-0.05, 0) is 37.5 Å². The maximum absolute atomic E-state index is 12.0. The lowest BCUT2D eigenvalue weighted by Crippen LogP contribution is -2.37. The monoisotopic (exact) mass is 260 g/mol. The average molecular weight is 260 g/mol. The summed E-state index contributed by atoms with van der Waals surface area (Å²) in [6.45, 7) is 2.29. The second kappa shape index (κ2) is 5.91. The van der Waals surface area contributed by atoms with Crippen molar-refractivity contribution < 1.29 is 14.3 Å². The predicted molar refractivity (Wildman–Crippen MR) is 74.9 cm³/mol. The zero-order chi connectivity index (χ0) is 13.7. The number of hydrogen-bond acceptors (Lipinski definition) is 3. The number of hydrogen-bond donors (Lipinski definition) is 0. The van der Waals surface area contributed by atoms with Gasteiger partial charge in [-0.1, -0.05) is 30.7 Å². The molecule has 0 spiro atoms. The van der Waals surface area contributed by atoms with Gasteiger partial charge in [-0.15, -0.1) is 0 Å². The third-order valence-corrected chi connectivity index (χ3v) is 3.64. The molecular weight excluding hydrogens is 240 g/mol. The molecule has 0 amide bonds. The van der Waals surface area contributed by atoms with Gasteiger partial charge in [-0.2, -0.15) is 0 Å². The normalized spacial score (nSPS) is 16.9. The molecule has 3 heteroatoms. The molecule has 0 saturated heterocycles. The first-order valence-electron chi connectivity index (χ1n) is 6.71. The predicted octanol–water partition coefficient (Wildman–Crippen LogP) is 3.44. The van der Waals surface area contributed by atoms with Gasteiger partial charge in [-0.3, -0.25) is 4.79 Å². The highest BCUT2D eigenvalue weighted by Crippen LogP contribution is 2.43. The van der Waals surface area contributed by atoms with Gasteiger partial charge in [0.05, 0.1) is 19.1 Å². The van der Waals surface area contributed by atoms with Crippen LogP contribution in [0.25, 0.3) is 6.08 Å². The van der Waals surface area contributed by atoms with Crippen LogP contribution in [-0.4, -0.2) is 19.7 Å². The van der Waals surface area contributed by atoms with Crippen LogP contribution in [0.2, 0.25) is 0 Å². The van der Waals surface area contributed by atoms with Crippen LogP contribution in [0.4, 0.5) is 0 Å².